The predicted octanol–water partition coefficient (Wildman–Crippen LogP) is 1.88. The van der Waals surface area contributed by atoms with Crippen molar-refractivity contribution < 1.29 is 14.3 Å². The summed E-state index contributed by atoms with van der Waals surface area (Å²) in [6.45, 7) is 6.24. The minimum absolute atomic E-state index is 0.0379. The first-order chi connectivity index (χ1) is 9.47. The van der Waals surface area contributed by atoms with Crippen LogP contribution in [0.5, 0.6) is 11.5 Å². The molecule has 0 aromatic heterocycles. The summed E-state index contributed by atoms with van der Waals surface area (Å²) in [6, 6.07) is 5.72. The van der Waals surface area contributed by atoms with E-state index < -0.39 is 0 Å². The van der Waals surface area contributed by atoms with E-state index in [0.29, 0.717) is 12.3 Å². The molecule has 0 spiro atoms. The zero-order chi connectivity index (χ0) is 15.1. The molecule has 5 nitrogen and oxygen atoms in total. The Morgan fingerprint density at radius 1 is 1.20 bits per heavy atom. The Bertz CT molecular complexity index is 447. The number of carbonyl (C=O) groups excluding carboxylic acids is 1. The molecule has 0 fully saturated rings. The first-order valence-corrected chi connectivity index (χ1v) is 6.72. The molecule has 0 bridgehead atoms. The van der Waals surface area contributed by atoms with Gasteiger partial charge in [0.05, 0.1) is 26.8 Å². The SMILES string of the molecule is COc1ccc(C(C)NC(=O)CNC(C)C)c(OC)c1. The summed E-state index contributed by atoms with van der Waals surface area (Å²) in [5.41, 5.74) is 0.922. The molecule has 0 saturated heterocycles. The minimum atomic E-state index is -0.127. The van der Waals surface area contributed by atoms with Gasteiger partial charge < -0.3 is 20.1 Å². The smallest absolute Gasteiger partial charge is 0.234 e. The van der Waals surface area contributed by atoms with Crippen molar-refractivity contribution in [3.8, 4) is 11.5 Å². The Morgan fingerprint density at radius 2 is 1.90 bits per heavy atom. The molecule has 112 valence electrons. The number of amides is 1. The highest BCUT2D eigenvalue weighted by atomic mass is 16.5. The van der Waals surface area contributed by atoms with Gasteiger partial charge in [-0.1, -0.05) is 13.8 Å². The summed E-state index contributed by atoms with van der Waals surface area (Å²) in [6.07, 6.45) is 0. The largest absolute Gasteiger partial charge is 0.497 e. The summed E-state index contributed by atoms with van der Waals surface area (Å²) in [7, 11) is 3.21. The normalized spacial score (nSPS) is 12.1. The second kappa shape index (κ2) is 7.75. The molecule has 0 aliphatic rings. The monoisotopic (exact) mass is 280 g/mol. The Balaban J connectivity index is 2.71. The van der Waals surface area contributed by atoms with Crippen LogP contribution in [0, 0.1) is 0 Å². The average Bonchev–Trinajstić information content (AvgIpc) is 2.44. The van der Waals surface area contributed by atoms with Gasteiger partial charge in [-0.05, 0) is 19.1 Å². The van der Waals surface area contributed by atoms with E-state index in [1.54, 1.807) is 14.2 Å². The van der Waals surface area contributed by atoms with Crippen LogP contribution in [0.25, 0.3) is 0 Å². The Labute approximate surface area is 120 Å². The van der Waals surface area contributed by atoms with Gasteiger partial charge in [0.25, 0.3) is 0 Å². The molecule has 0 heterocycles. The minimum Gasteiger partial charge on any atom is -0.497 e. The third-order valence-electron chi connectivity index (χ3n) is 2.96. The van der Waals surface area contributed by atoms with Gasteiger partial charge >= 0.3 is 0 Å². The topological polar surface area (TPSA) is 59.6 Å². The van der Waals surface area contributed by atoms with E-state index in [1.165, 1.54) is 0 Å². The fourth-order valence-electron chi connectivity index (χ4n) is 1.84. The quantitative estimate of drug-likeness (QED) is 0.800. The number of ether oxygens (including phenoxy) is 2. The lowest BCUT2D eigenvalue weighted by molar-refractivity contribution is -0.121. The van der Waals surface area contributed by atoms with E-state index >= 15 is 0 Å². The summed E-state index contributed by atoms with van der Waals surface area (Å²) in [4.78, 5) is 11.8. The predicted molar refractivity (Wildman–Crippen MR) is 79.2 cm³/mol. The van der Waals surface area contributed by atoms with Gasteiger partial charge in [-0.15, -0.1) is 0 Å². The van der Waals surface area contributed by atoms with Gasteiger partial charge in [0.2, 0.25) is 5.91 Å². The Morgan fingerprint density at radius 3 is 2.45 bits per heavy atom. The number of methoxy groups -OCH3 is 2. The van der Waals surface area contributed by atoms with Crippen molar-refractivity contribution in [2.75, 3.05) is 20.8 Å². The lowest BCUT2D eigenvalue weighted by Crippen LogP contribution is -2.38. The number of rotatable bonds is 7. The highest BCUT2D eigenvalue weighted by molar-refractivity contribution is 5.78. The van der Waals surface area contributed by atoms with Gasteiger partial charge in [0.15, 0.2) is 0 Å². The third-order valence-corrected chi connectivity index (χ3v) is 2.96. The summed E-state index contributed by atoms with van der Waals surface area (Å²) >= 11 is 0. The molecule has 1 unspecified atom stereocenters. The van der Waals surface area contributed by atoms with Crippen molar-refractivity contribution in [3.05, 3.63) is 23.8 Å². The number of hydrogen-bond donors (Lipinski definition) is 2. The molecule has 1 rings (SSSR count). The molecule has 0 radical (unpaired) electrons. The summed E-state index contributed by atoms with van der Waals surface area (Å²) < 4.78 is 10.5. The molecule has 2 N–H and O–H groups in total. The molecule has 1 aromatic rings. The van der Waals surface area contributed by atoms with Gasteiger partial charge in [-0.25, -0.2) is 0 Å². The molecule has 5 heteroatoms. The van der Waals surface area contributed by atoms with Crippen LogP contribution in [0.1, 0.15) is 32.4 Å². The first kappa shape index (κ1) is 16.3. The zero-order valence-corrected chi connectivity index (χ0v) is 12.8. The van der Waals surface area contributed by atoms with Crippen molar-refractivity contribution in [2.24, 2.45) is 0 Å². The van der Waals surface area contributed by atoms with Crippen LogP contribution >= 0.6 is 0 Å². The van der Waals surface area contributed by atoms with E-state index in [2.05, 4.69) is 10.6 Å². The molecule has 0 aliphatic heterocycles. The Kier molecular flexibility index (Phi) is 6.31. The molecule has 20 heavy (non-hydrogen) atoms. The second-order valence-electron chi connectivity index (χ2n) is 4.93. The highest BCUT2D eigenvalue weighted by Gasteiger charge is 2.14. The highest BCUT2D eigenvalue weighted by Crippen LogP contribution is 2.29. The second-order valence-corrected chi connectivity index (χ2v) is 4.93. The van der Waals surface area contributed by atoms with Crippen LogP contribution < -0.4 is 20.1 Å². The number of hydrogen-bond acceptors (Lipinski definition) is 4. The molecular formula is C15H24N2O3. The maximum atomic E-state index is 11.8. The van der Waals surface area contributed by atoms with Crippen molar-refractivity contribution in [3.63, 3.8) is 0 Å². The molecule has 1 amide bonds. The fraction of sp³-hybridized carbons (Fsp3) is 0.533. The van der Waals surface area contributed by atoms with Crippen molar-refractivity contribution >= 4 is 5.91 Å². The standard InChI is InChI=1S/C15H24N2O3/c1-10(2)16-9-15(18)17-11(3)13-7-6-12(19-4)8-14(13)20-5/h6-8,10-11,16H,9H2,1-5H3,(H,17,18). The fourth-order valence-corrected chi connectivity index (χ4v) is 1.84. The van der Waals surface area contributed by atoms with Crippen molar-refractivity contribution in [1.82, 2.24) is 10.6 Å². The van der Waals surface area contributed by atoms with Crippen molar-refractivity contribution in [1.29, 1.82) is 0 Å². The van der Waals surface area contributed by atoms with Gasteiger partial charge in [-0.2, -0.15) is 0 Å². The Hall–Kier alpha value is -1.75. The summed E-state index contributed by atoms with van der Waals surface area (Å²) in [5, 5.41) is 6.03. The van der Waals surface area contributed by atoms with Gasteiger partial charge in [-0.3, -0.25) is 4.79 Å². The summed E-state index contributed by atoms with van der Waals surface area (Å²) in [5.74, 6) is 1.39. The lowest BCUT2D eigenvalue weighted by atomic mass is 10.1. The van der Waals surface area contributed by atoms with E-state index in [-0.39, 0.29) is 18.0 Å². The van der Waals surface area contributed by atoms with E-state index in [0.717, 1.165) is 11.3 Å². The van der Waals surface area contributed by atoms with E-state index in [9.17, 15) is 4.79 Å². The van der Waals surface area contributed by atoms with Crippen LogP contribution in [-0.4, -0.2) is 32.7 Å². The van der Waals surface area contributed by atoms with Gasteiger partial charge in [0.1, 0.15) is 11.5 Å². The number of carbonyl (C=O) groups is 1. The molecular weight excluding hydrogens is 256 g/mol. The lowest BCUT2D eigenvalue weighted by Gasteiger charge is -2.18. The van der Waals surface area contributed by atoms with Crippen LogP contribution in [0.15, 0.2) is 18.2 Å². The van der Waals surface area contributed by atoms with E-state index in [4.69, 9.17) is 9.47 Å². The average molecular weight is 280 g/mol. The zero-order valence-electron chi connectivity index (χ0n) is 12.8. The number of nitrogens with one attached hydrogen (secondary N) is 2. The first-order valence-electron chi connectivity index (χ1n) is 6.72. The molecule has 1 atom stereocenters. The molecule has 0 aliphatic carbocycles. The van der Waals surface area contributed by atoms with Crippen LogP contribution in [0.4, 0.5) is 0 Å². The maximum Gasteiger partial charge on any atom is 0.234 e. The van der Waals surface area contributed by atoms with Crippen LogP contribution in [-0.2, 0) is 4.79 Å². The van der Waals surface area contributed by atoms with E-state index in [1.807, 2.05) is 39.0 Å². The van der Waals surface area contributed by atoms with Crippen LogP contribution in [0.2, 0.25) is 0 Å². The third kappa shape index (κ3) is 4.74. The van der Waals surface area contributed by atoms with Crippen molar-refractivity contribution in [2.45, 2.75) is 32.9 Å². The van der Waals surface area contributed by atoms with Crippen LogP contribution in [0.3, 0.4) is 0 Å². The molecule has 0 saturated carbocycles. The molecule has 1 aromatic carbocycles. The maximum absolute atomic E-state index is 11.8. The number of benzene rings is 1. The van der Waals surface area contributed by atoms with Gasteiger partial charge in [0, 0.05) is 17.7 Å².